The zero-order valence-electron chi connectivity index (χ0n) is 20.0. The van der Waals surface area contributed by atoms with E-state index in [9.17, 15) is 18.0 Å². The van der Waals surface area contributed by atoms with E-state index in [-0.39, 0.29) is 35.4 Å². The Labute approximate surface area is 205 Å². The Balaban J connectivity index is 1.26. The Bertz CT molecular complexity index is 1420. The molecule has 1 aromatic heterocycles. The molecule has 0 spiro atoms. The number of sulfonamides is 1. The van der Waals surface area contributed by atoms with E-state index >= 15 is 0 Å². The summed E-state index contributed by atoms with van der Waals surface area (Å²) in [5.74, 6) is -0.768. The van der Waals surface area contributed by atoms with Crippen LogP contribution in [0.4, 0.5) is 0 Å². The first-order valence-corrected chi connectivity index (χ1v) is 13.8. The number of aromatic nitrogens is 1. The molecular weight excluding hydrogens is 466 g/mol. The molecule has 186 valence electrons. The average Bonchev–Trinajstić information content (AvgIpc) is 3.50. The van der Waals surface area contributed by atoms with Gasteiger partial charge in [-0.15, -0.1) is 0 Å². The molecule has 3 aromatic rings. The standard InChI is InChI=1S/C26H31N3O5S/c1-18(20-9-8-19-6-2-3-7-21(19)16-20)27-25(30)12-15-29-23-11-10-22(17-24(23)34-26(29)31)35(32,33)28-13-4-5-14-28/h8-11,16-18H,2-7,12-15H2,1H3,(H,27,30). The zero-order valence-corrected chi connectivity index (χ0v) is 20.8. The van der Waals surface area contributed by atoms with Gasteiger partial charge in [-0.25, -0.2) is 13.2 Å². The normalized spacial score (nSPS) is 17.4. The van der Waals surface area contributed by atoms with E-state index in [0.29, 0.717) is 18.6 Å². The molecule has 2 aliphatic rings. The Hall–Kier alpha value is -2.91. The van der Waals surface area contributed by atoms with Crippen molar-refractivity contribution in [1.82, 2.24) is 14.2 Å². The quantitative estimate of drug-likeness (QED) is 0.538. The highest BCUT2D eigenvalue weighted by Crippen LogP contribution is 2.26. The first-order valence-electron chi connectivity index (χ1n) is 12.4. The molecule has 1 aliphatic heterocycles. The minimum atomic E-state index is -3.61. The van der Waals surface area contributed by atoms with Crippen LogP contribution in [0.15, 0.2) is 50.5 Å². The summed E-state index contributed by atoms with van der Waals surface area (Å²) in [4.78, 5) is 25.2. The third-order valence-electron chi connectivity index (χ3n) is 7.16. The van der Waals surface area contributed by atoms with Gasteiger partial charge in [0.05, 0.1) is 16.5 Å². The molecule has 1 fully saturated rings. The number of benzene rings is 2. The highest BCUT2D eigenvalue weighted by molar-refractivity contribution is 7.89. The van der Waals surface area contributed by atoms with Gasteiger partial charge in [-0.05, 0) is 74.3 Å². The van der Waals surface area contributed by atoms with Crippen LogP contribution in [0.25, 0.3) is 11.1 Å². The van der Waals surface area contributed by atoms with Crippen molar-refractivity contribution >= 4 is 27.0 Å². The van der Waals surface area contributed by atoms with Crippen molar-refractivity contribution in [2.75, 3.05) is 13.1 Å². The summed E-state index contributed by atoms with van der Waals surface area (Å²) >= 11 is 0. The van der Waals surface area contributed by atoms with Gasteiger partial charge in [-0.1, -0.05) is 18.2 Å². The minimum absolute atomic E-state index is 0.109. The topological polar surface area (TPSA) is 102 Å². The molecule has 0 radical (unpaired) electrons. The first-order chi connectivity index (χ1) is 16.8. The molecule has 1 amide bonds. The minimum Gasteiger partial charge on any atom is -0.408 e. The van der Waals surface area contributed by atoms with E-state index in [1.807, 2.05) is 6.92 Å². The second kappa shape index (κ2) is 9.62. The lowest BCUT2D eigenvalue weighted by atomic mass is 9.89. The lowest BCUT2D eigenvalue weighted by molar-refractivity contribution is -0.121. The van der Waals surface area contributed by atoms with Crippen molar-refractivity contribution in [1.29, 1.82) is 0 Å². The summed E-state index contributed by atoms with van der Waals surface area (Å²) in [5, 5.41) is 3.02. The SMILES string of the molecule is CC(NC(=O)CCn1c(=O)oc2cc(S(=O)(=O)N3CCCC3)ccc21)c1ccc2c(c1)CCCC2. The van der Waals surface area contributed by atoms with Gasteiger partial charge in [0.2, 0.25) is 15.9 Å². The number of nitrogens with one attached hydrogen (secondary N) is 1. The van der Waals surface area contributed by atoms with Crippen molar-refractivity contribution < 1.29 is 17.6 Å². The largest absolute Gasteiger partial charge is 0.419 e. The molecule has 0 bridgehead atoms. The molecule has 2 heterocycles. The maximum Gasteiger partial charge on any atom is 0.419 e. The number of nitrogens with zero attached hydrogens (tertiary/aromatic N) is 2. The van der Waals surface area contributed by atoms with E-state index in [2.05, 4.69) is 23.5 Å². The summed E-state index contributed by atoms with van der Waals surface area (Å²) in [6.45, 7) is 3.12. The fourth-order valence-corrected chi connectivity index (χ4v) is 6.66. The van der Waals surface area contributed by atoms with Crippen molar-refractivity contribution in [2.24, 2.45) is 0 Å². The third kappa shape index (κ3) is 4.79. The Morgan fingerprint density at radius 2 is 1.77 bits per heavy atom. The van der Waals surface area contributed by atoms with Gasteiger partial charge in [0.15, 0.2) is 5.58 Å². The van der Waals surface area contributed by atoms with Crippen molar-refractivity contribution in [3.05, 3.63) is 63.6 Å². The maximum absolute atomic E-state index is 12.8. The fraction of sp³-hybridized carbons (Fsp3) is 0.462. The maximum atomic E-state index is 12.8. The predicted molar refractivity (Wildman–Crippen MR) is 133 cm³/mol. The zero-order chi connectivity index (χ0) is 24.6. The van der Waals surface area contributed by atoms with E-state index < -0.39 is 15.8 Å². The summed E-state index contributed by atoms with van der Waals surface area (Å²) < 4.78 is 33.8. The number of carbonyl (C=O) groups is 1. The number of amides is 1. The molecule has 35 heavy (non-hydrogen) atoms. The molecule has 1 unspecified atom stereocenters. The van der Waals surface area contributed by atoms with Crippen LogP contribution in [-0.2, 0) is 34.2 Å². The van der Waals surface area contributed by atoms with Gasteiger partial charge in [0, 0.05) is 32.1 Å². The highest BCUT2D eigenvalue weighted by atomic mass is 32.2. The molecule has 5 rings (SSSR count). The van der Waals surface area contributed by atoms with E-state index in [4.69, 9.17) is 4.42 Å². The lowest BCUT2D eigenvalue weighted by Crippen LogP contribution is -2.28. The molecule has 2 aromatic carbocycles. The van der Waals surface area contributed by atoms with Gasteiger partial charge in [-0.3, -0.25) is 9.36 Å². The van der Waals surface area contributed by atoms with Crippen LogP contribution in [0.5, 0.6) is 0 Å². The van der Waals surface area contributed by atoms with Gasteiger partial charge >= 0.3 is 5.76 Å². The molecule has 1 N–H and O–H groups in total. The Kier molecular flexibility index (Phi) is 6.55. The second-order valence-corrected chi connectivity index (χ2v) is 11.5. The number of oxazole rings is 1. The van der Waals surface area contributed by atoms with Crippen molar-refractivity contribution in [3.8, 4) is 0 Å². The Morgan fingerprint density at radius 3 is 2.54 bits per heavy atom. The van der Waals surface area contributed by atoms with Crippen LogP contribution < -0.4 is 11.1 Å². The average molecular weight is 498 g/mol. The van der Waals surface area contributed by atoms with E-state index in [1.54, 1.807) is 6.07 Å². The molecular formula is C26H31N3O5S. The van der Waals surface area contributed by atoms with Gasteiger partial charge in [0.1, 0.15) is 0 Å². The summed E-state index contributed by atoms with van der Waals surface area (Å²) in [6.07, 6.45) is 6.45. The van der Waals surface area contributed by atoms with Crippen LogP contribution in [0.3, 0.4) is 0 Å². The predicted octanol–water partition coefficient (Wildman–Crippen LogP) is 3.53. The number of aryl methyl sites for hydroxylation is 3. The van der Waals surface area contributed by atoms with Gasteiger partial charge in [0.25, 0.3) is 0 Å². The van der Waals surface area contributed by atoms with Crippen molar-refractivity contribution in [2.45, 2.75) is 69.4 Å². The number of fused-ring (bicyclic) bond motifs is 2. The van der Waals surface area contributed by atoms with Crippen LogP contribution >= 0.6 is 0 Å². The molecule has 8 nitrogen and oxygen atoms in total. The number of hydrogen-bond acceptors (Lipinski definition) is 5. The van der Waals surface area contributed by atoms with E-state index in [1.165, 1.54) is 45.0 Å². The van der Waals surface area contributed by atoms with E-state index in [0.717, 1.165) is 31.2 Å². The Morgan fingerprint density at radius 1 is 1.03 bits per heavy atom. The molecule has 1 atom stereocenters. The number of hydrogen-bond donors (Lipinski definition) is 1. The van der Waals surface area contributed by atoms with Gasteiger partial charge in [-0.2, -0.15) is 4.31 Å². The number of rotatable bonds is 7. The van der Waals surface area contributed by atoms with Crippen LogP contribution in [0.1, 0.15) is 61.8 Å². The lowest BCUT2D eigenvalue weighted by Gasteiger charge is -2.20. The van der Waals surface area contributed by atoms with Crippen LogP contribution in [-0.4, -0.2) is 36.3 Å². The first kappa shape index (κ1) is 23.8. The third-order valence-corrected chi connectivity index (χ3v) is 9.05. The van der Waals surface area contributed by atoms with Crippen LogP contribution in [0.2, 0.25) is 0 Å². The molecule has 0 saturated carbocycles. The highest BCUT2D eigenvalue weighted by Gasteiger charge is 2.28. The van der Waals surface area contributed by atoms with Gasteiger partial charge < -0.3 is 9.73 Å². The summed E-state index contributed by atoms with van der Waals surface area (Å²) in [5.41, 5.74) is 4.54. The second-order valence-electron chi connectivity index (χ2n) is 9.53. The smallest absolute Gasteiger partial charge is 0.408 e. The van der Waals surface area contributed by atoms with Crippen molar-refractivity contribution in [3.63, 3.8) is 0 Å². The molecule has 1 saturated heterocycles. The summed E-state index contributed by atoms with van der Waals surface area (Å²) in [6, 6.07) is 10.8. The summed E-state index contributed by atoms with van der Waals surface area (Å²) in [7, 11) is -3.61. The van der Waals surface area contributed by atoms with Crippen LogP contribution in [0, 0.1) is 0 Å². The monoisotopic (exact) mass is 497 g/mol. The molecule has 1 aliphatic carbocycles. The number of carbonyl (C=O) groups excluding carboxylic acids is 1. The fourth-order valence-electron chi connectivity index (χ4n) is 5.13. The molecule has 9 heteroatoms.